The van der Waals surface area contributed by atoms with E-state index in [4.69, 9.17) is 0 Å². The quantitative estimate of drug-likeness (QED) is 0.0320. The Morgan fingerprint density at radius 1 is 0.361 bits per heavy atom. The Balaban J connectivity index is -0.0000000895. The molecular formula is C59H110O24. The van der Waals surface area contributed by atoms with Crippen molar-refractivity contribution >= 4 is 82.8 Å². The number of methoxy groups -OCH3 is 10. The minimum Gasteiger partial charge on any atom is -0.469 e. The van der Waals surface area contributed by atoms with Gasteiger partial charge in [-0.2, -0.15) is 0 Å². The smallest absolute Gasteiger partial charge is 0.374 e. The van der Waals surface area contributed by atoms with Gasteiger partial charge in [0.15, 0.2) is 0 Å². The third-order valence-corrected chi connectivity index (χ3v) is 9.64. The minimum atomic E-state index is -0.983. The lowest BCUT2D eigenvalue weighted by molar-refractivity contribution is -0.156. The van der Waals surface area contributed by atoms with Crippen molar-refractivity contribution in [2.24, 2.45) is 22.7 Å². The van der Waals surface area contributed by atoms with Crippen LogP contribution in [0.15, 0.2) is 0 Å². The van der Waals surface area contributed by atoms with Gasteiger partial charge in [0, 0.05) is 51.4 Å². The van der Waals surface area contributed by atoms with Gasteiger partial charge in [-0.1, -0.05) is 88.5 Å². The molecule has 0 saturated heterocycles. The number of carbonyl (C=O) groups is 14. The van der Waals surface area contributed by atoms with Gasteiger partial charge in [-0.15, -0.1) is 0 Å². The van der Waals surface area contributed by atoms with E-state index in [2.05, 4.69) is 54.3 Å². The molecule has 0 aromatic carbocycles. The minimum absolute atomic E-state index is 0.00463. The van der Waals surface area contributed by atoms with Gasteiger partial charge in [-0.3, -0.25) is 62.3 Å². The number of rotatable bonds is 22. The fourth-order valence-corrected chi connectivity index (χ4v) is 4.08. The molecule has 0 aliphatic carbocycles. The lowest BCUT2D eigenvalue weighted by Gasteiger charge is -2.18. The summed E-state index contributed by atoms with van der Waals surface area (Å²) in [4.78, 5) is 147. The summed E-state index contributed by atoms with van der Waals surface area (Å²) in [5.41, 5.74) is -1.34. The summed E-state index contributed by atoms with van der Waals surface area (Å²) in [5.74, 6) is -4.26. The Labute approximate surface area is 496 Å². The Bertz CT molecular complexity index is 1710. The molecule has 1 unspecified atom stereocenters. The van der Waals surface area contributed by atoms with Crippen molar-refractivity contribution in [2.75, 3.05) is 71.1 Å². The van der Waals surface area contributed by atoms with Crippen molar-refractivity contribution in [2.45, 2.75) is 207 Å². The highest BCUT2D eigenvalue weighted by Gasteiger charge is 2.35. The van der Waals surface area contributed by atoms with Crippen LogP contribution < -0.4 is 0 Å². The second kappa shape index (κ2) is 67.9. The molecule has 0 bridgehead atoms. The standard InChI is InChI=1S/C8H14O3.C7H12O3.C7H14O2.C6H10O3.2C6H12O2.C5H8O3.2C5H10O2.C4H8O2/c1-5-6(9)8(2,3)7(10)11-4;1-4-6(8)5(2)7(9)10-3;1-3-4-5-6-7(8)9-2;1-3-5(7)4-6(8)9-2;1-6(2,3)5(7)8-4;1-3-4-5-6(7)8-2;1-3-4(6)5(7)8-2;1-4(2)5(6)7-3;1-3-4-5(6)7-2;1-3-4(5)6-2/h5H2,1-4H3;5H,4H2,1-3H3;3-6H2,1-2H3;3-4H2,1-2H3;1-4H3;3-5H2,1-2H3;3H2,1-2H3;4H,1-3H3;3-4H2,1-2H3;3H2,1-2H3. The summed E-state index contributed by atoms with van der Waals surface area (Å²) >= 11 is 0. The molecule has 0 N–H and O–H groups in total. The molecule has 0 heterocycles. The van der Waals surface area contributed by atoms with Gasteiger partial charge in [0.1, 0.15) is 35.1 Å². The van der Waals surface area contributed by atoms with E-state index in [0.29, 0.717) is 44.9 Å². The van der Waals surface area contributed by atoms with Crippen LogP contribution in [0.2, 0.25) is 0 Å². The second-order valence-corrected chi connectivity index (χ2v) is 18.3. The molecule has 24 heteroatoms. The average molecular weight is 1200 g/mol. The van der Waals surface area contributed by atoms with E-state index in [1.54, 1.807) is 69.2 Å². The molecule has 490 valence electrons. The molecule has 0 fully saturated rings. The first-order valence-electron chi connectivity index (χ1n) is 27.3. The number of ether oxygens (including phenoxy) is 10. The topological polar surface area (TPSA) is 331 Å². The maximum atomic E-state index is 11.1. The highest BCUT2D eigenvalue weighted by atomic mass is 16.6. The Morgan fingerprint density at radius 2 is 0.759 bits per heavy atom. The monoisotopic (exact) mass is 1200 g/mol. The van der Waals surface area contributed by atoms with Gasteiger partial charge >= 0.3 is 59.7 Å². The zero-order valence-electron chi connectivity index (χ0n) is 55.6. The molecule has 0 amide bonds. The molecule has 0 aliphatic heterocycles. The first-order chi connectivity index (χ1) is 38.4. The maximum absolute atomic E-state index is 11.1. The predicted molar refractivity (Wildman–Crippen MR) is 312 cm³/mol. The van der Waals surface area contributed by atoms with Gasteiger partial charge in [0.05, 0.1) is 82.4 Å². The summed E-state index contributed by atoms with van der Waals surface area (Å²) in [7, 11) is 13.4. The third kappa shape index (κ3) is 75.4. The lowest BCUT2D eigenvalue weighted by atomic mass is 9.87. The molecule has 0 aromatic rings. The summed E-state index contributed by atoms with van der Waals surface area (Å²) in [6.45, 7) is 28.4. The van der Waals surface area contributed by atoms with E-state index in [1.165, 1.54) is 71.1 Å². The van der Waals surface area contributed by atoms with Gasteiger partial charge in [0.25, 0.3) is 0 Å². The zero-order valence-corrected chi connectivity index (χ0v) is 55.6. The Morgan fingerprint density at radius 3 is 0.964 bits per heavy atom. The third-order valence-electron chi connectivity index (χ3n) is 9.64. The van der Waals surface area contributed by atoms with Gasteiger partial charge in [-0.05, 0) is 60.8 Å². The van der Waals surface area contributed by atoms with Crippen LogP contribution in [0.25, 0.3) is 0 Å². The molecule has 0 radical (unpaired) electrons. The van der Waals surface area contributed by atoms with Crippen LogP contribution >= 0.6 is 0 Å². The molecule has 83 heavy (non-hydrogen) atoms. The zero-order chi connectivity index (χ0) is 67.9. The summed E-state index contributed by atoms with van der Waals surface area (Å²) in [5, 5.41) is 0. The van der Waals surface area contributed by atoms with Crippen LogP contribution in [0.5, 0.6) is 0 Å². The average Bonchev–Trinajstić information content (AvgIpc) is 3.48. The van der Waals surface area contributed by atoms with Crippen LogP contribution in [0.4, 0.5) is 0 Å². The maximum Gasteiger partial charge on any atom is 0.374 e. The number of hydrogen-bond acceptors (Lipinski definition) is 24. The van der Waals surface area contributed by atoms with Crippen molar-refractivity contribution in [1.29, 1.82) is 0 Å². The van der Waals surface area contributed by atoms with Crippen molar-refractivity contribution in [1.82, 2.24) is 0 Å². The summed E-state index contributed by atoms with van der Waals surface area (Å²) in [6, 6.07) is 0. The van der Waals surface area contributed by atoms with E-state index in [-0.39, 0.29) is 77.3 Å². The van der Waals surface area contributed by atoms with E-state index in [0.717, 1.165) is 38.5 Å². The van der Waals surface area contributed by atoms with Crippen LogP contribution in [0.3, 0.4) is 0 Å². The first kappa shape index (κ1) is 98.5. The lowest BCUT2D eigenvalue weighted by Crippen LogP contribution is -2.33. The van der Waals surface area contributed by atoms with Crippen molar-refractivity contribution in [3.63, 3.8) is 0 Å². The number of esters is 10. The molecule has 0 aromatic heterocycles. The van der Waals surface area contributed by atoms with E-state index in [1.807, 2.05) is 34.6 Å². The predicted octanol–water partition coefficient (Wildman–Crippen LogP) is 9.25. The Kier molecular flexibility index (Phi) is 80.6. The highest BCUT2D eigenvalue weighted by molar-refractivity contribution is 6.33. The molecule has 24 nitrogen and oxygen atoms in total. The van der Waals surface area contributed by atoms with Crippen LogP contribution in [0.1, 0.15) is 207 Å². The van der Waals surface area contributed by atoms with Gasteiger partial charge in [0.2, 0.25) is 5.78 Å². The SMILES string of the molecule is CCC(=O)C(=O)OC.CCC(=O)C(C)(C)C(=O)OC.CCC(=O)C(C)C(=O)OC.CCC(=O)CC(=O)OC.CCC(=O)OC.CCCC(=O)OC.CCCCC(=O)OC.CCCCCC(=O)OC.COC(=O)C(C)(C)C.COC(=O)C(C)C. The van der Waals surface area contributed by atoms with E-state index < -0.39 is 41.0 Å². The molecule has 0 spiro atoms. The summed E-state index contributed by atoms with van der Waals surface area (Å²) < 4.78 is 43.6. The van der Waals surface area contributed by atoms with Crippen LogP contribution in [-0.4, -0.2) is 154 Å². The summed E-state index contributed by atoms with van der Waals surface area (Å²) in [6.07, 6.45) is 9.50. The molecular weight excluding hydrogens is 1090 g/mol. The Hall–Kier alpha value is -6.62. The number of Topliss-reactive ketones (excluding diaryl/α,β-unsaturated/α-hetero) is 4. The van der Waals surface area contributed by atoms with Crippen molar-refractivity contribution in [3.8, 4) is 0 Å². The van der Waals surface area contributed by atoms with E-state index in [9.17, 15) is 67.1 Å². The molecule has 0 saturated carbocycles. The van der Waals surface area contributed by atoms with Gasteiger partial charge < -0.3 is 47.4 Å². The fourth-order valence-electron chi connectivity index (χ4n) is 4.08. The first-order valence-corrected chi connectivity index (χ1v) is 27.3. The molecule has 0 aliphatic rings. The highest BCUT2D eigenvalue weighted by Crippen LogP contribution is 2.20. The largest absolute Gasteiger partial charge is 0.469 e. The van der Waals surface area contributed by atoms with Crippen LogP contribution in [0, 0.1) is 22.7 Å². The number of ketones is 4. The number of carbonyl (C=O) groups excluding carboxylic acids is 14. The number of unbranched alkanes of at least 4 members (excludes halogenated alkanes) is 3. The van der Waals surface area contributed by atoms with E-state index >= 15 is 0 Å². The van der Waals surface area contributed by atoms with Crippen LogP contribution in [-0.2, 0) is 114 Å². The van der Waals surface area contributed by atoms with Gasteiger partial charge in [-0.25, -0.2) is 4.79 Å². The number of hydrogen-bond donors (Lipinski definition) is 0. The molecule has 1 atom stereocenters. The van der Waals surface area contributed by atoms with Crippen molar-refractivity contribution in [3.05, 3.63) is 0 Å². The van der Waals surface area contributed by atoms with Crippen molar-refractivity contribution < 1.29 is 114 Å². The normalized spacial score (nSPS) is 9.58. The molecule has 0 rings (SSSR count). The fraction of sp³-hybridized carbons (Fsp3) is 0.763. The second-order valence-electron chi connectivity index (χ2n) is 18.3.